The average Bonchev–Trinajstić information content (AvgIpc) is 2.72. The number of carbonyl (C=O) groups excluding carboxylic acids is 1. The van der Waals surface area contributed by atoms with E-state index in [2.05, 4.69) is 5.32 Å². The summed E-state index contributed by atoms with van der Waals surface area (Å²) in [5.74, 6) is -0.175. The van der Waals surface area contributed by atoms with E-state index in [0.29, 0.717) is 10.6 Å². The van der Waals surface area contributed by atoms with Gasteiger partial charge in [0.05, 0.1) is 10.6 Å². The number of hydrogen-bond acceptors (Lipinski definition) is 2. The summed E-state index contributed by atoms with van der Waals surface area (Å²) >= 11 is 1.41. The maximum Gasteiger partial charge on any atom is 0.287 e. The van der Waals surface area contributed by atoms with Crippen LogP contribution in [-0.4, -0.2) is 5.91 Å². The van der Waals surface area contributed by atoms with Crippen molar-refractivity contribution >= 4 is 22.9 Å². The summed E-state index contributed by atoms with van der Waals surface area (Å²) in [6, 6.07) is 12.9. The maximum atomic E-state index is 11.5. The van der Waals surface area contributed by atoms with Gasteiger partial charge in [-0.15, -0.1) is 11.3 Å². The smallest absolute Gasteiger partial charge is 0.266 e. The van der Waals surface area contributed by atoms with Crippen molar-refractivity contribution in [2.45, 2.75) is 0 Å². The second kappa shape index (κ2) is 4.07. The van der Waals surface area contributed by atoms with Gasteiger partial charge < -0.3 is 0 Å². The number of carbonyl (C=O) groups is 1. The van der Waals surface area contributed by atoms with Gasteiger partial charge in [0.25, 0.3) is 5.91 Å². The van der Waals surface area contributed by atoms with Crippen molar-refractivity contribution in [3.05, 3.63) is 52.7 Å². The second-order valence-corrected chi connectivity index (χ2v) is 3.68. The highest BCUT2D eigenvalue weighted by Crippen LogP contribution is 2.12. The summed E-state index contributed by atoms with van der Waals surface area (Å²) in [7, 11) is 0. The second-order valence-electron chi connectivity index (χ2n) is 2.73. The Morgan fingerprint density at radius 2 is 1.86 bits per heavy atom. The zero-order valence-corrected chi connectivity index (χ0v) is 8.20. The van der Waals surface area contributed by atoms with Crippen molar-refractivity contribution in [2.24, 2.45) is 0 Å². The van der Waals surface area contributed by atoms with Gasteiger partial charge in [-0.1, -0.05) is 24.3 Å². The molecule has 0 spiro atoms. The number of thiophene rings is 1. The summed E-state index contributed by atoms with van der Waals surface area (Å²) in [5, 5.41) is 5.84. The topological polar surface area (TPSA) is 31.2 Å². The molecule has 0 atom stereocenters. The summed E-state index contributed by atoms with van der Waals surface area (Å²) in [6.07, 6.45) is 0. The standard InChI is InChI=1S/C11H8NOS/c13-11(10-7-4-8-14-10)12-9-5-2-1-3-6-9/h1-8H. The lowest BCUT2D eigenvalue weighted by Gasteiger charge is -1.98. The van der Waals surface area contributed by atoms with E-state index in [0.717, 1.165) is 0 Å². The van der Waals surface area contributed by atoms with Crippen LogP contribution in [0.1, 0.15) is 9.67 Å². The van der Waals surface area contributed by atoms with Gasteiger partial charge in [0.2, 0.25) is 0 Å². The van der Waals surface area contributed by atoms with Gasteiger partial charge in [-0.3, -0.25) is 4.79 Å². The molecule has 0 bridgehead atoms. The van der Waals surface area contributed by atoms with Crippen LogP contribution in [-0.2, 0) is 0 Å². The van der Waals surface area contributed by atoms with Crippen LogP contribution in [0.25, 0.3) is 0 Å². The molecule has 0 saturated carbocycles. The molecule has 0 aliphatic rings. The first-order valence-electron chi connectivity index (χ1n) is 4.21. The molecule has 1 aromatic carbocycles. The first-order chi connectivity index (χ1) is 6.86. The summed E-state index contributed by atoms with van der Waals surface area (Å²) in [5.41, 5.74) is 0.700. The molecule has 14 heavy (non-hydrogen) atoms. The molecule has 69 valence electrons. The first kappa shape index (κ1) is 8.97. The molecule has 2 aromatic rings. The minimum atomic E-state index is -0.175. The summed E-state index contributed by atoms with van der Waals surface area (Å²) in [4.78, 5) is 12.2. The van der Waals surface area contributed by atoms with E-state index in [9.17, 15) is 4.79 Å². The third kappa shape index (κ3) is 2.00. The molecule has 0 aliphatic carbocycles. The minimum absolute atomic E-state index is 0.175. The summed E-state index contributed by atoms with van der Waals surface area (Å²) < 4.78 is 0. The van der Waals surface area contributed by atoms with Crippen LogP contribution < -0.4 is 5.32 Å². The maximum absolute atomic E-state index is 11.5. The van der Waals surface area contributed by atoms with Crippen LogP contribution in [0.2, 0.25) is 0 Å². The van der Waals surface area contributed by atoms with Crippen LogP contribution in [0.15, 0.2) is 47.8 Å². The molecule has 0 aliphatic heterocycles. The average molecular weight is 202 g/mol. The fourth-order valence-corrected chi connectivity index (χ4v) is 1.68. The number of nitrogens with zero attached hydrogens (tertiary/aromatic N) is 1. The number of rotatable bonds is 2. The molecule has 1 heterocycles. The van der Waals surface area contributed by atoms with Crippen LogP contribution >= 0.6 is 11.3 Å². The van der Waals surface area contributed by atoms with E-state index in [-0.39, 0.29) is 5.91 Å². The highest BCUT2D eigenvalue weighted by Gasteiger charge is 2.07. The van der Waals surface area contributed by atoms with Gasteiger partial charge in [0.1, 0.15) is 0 Å². The lowest BCUT2D eigenvalue weighted by Crippen LogP contribution is -2.08. The van der Waals surface area contributed by atoms with Gasteiger partial charge >= 0.3 is 0 Å². The molecule has 0 fully saturated rings. The van der Waals surface area contributed by atoms with E-state index >= 15 is 0 Å². The van der Waals surface area contributed by atoms with E-state index in [1.54, 1.807) is 6.07 Å². The Balaban J connectivity index is 2.10. The number of hydrogen-bond donors (Lipinski definition) is 0. The van der Waals surface area contributed by atoms with Crippen LogP contribution in [0.5, 0.6) is 0 Å². The first-order valence-corrected chi connectivity index (χ1v) is 5.09. The zero-order chi connectivity index (χ0) is 9.80. The monoisotopic (exact) mass is 202 g/mol. The predicted octanol–water partition coefficient (Wildman–Crippen LogP) is 2.82. The fourth-order valence-electron chi connectivity index (χ4n) is 1.08. The van der Waals surface area contributed by atoms with Crippen molar-refractivity contribution in [3.63, 3.8) is 0 Å². The SMILES string of the molecule is O=C([N]c1ccccc1)c1cccs1. The predicted molar refractivity (Wildman–Crippen MR) is 56.9 cm³/mol. The lowest BCUT2D eigenvalue weighted by atomic mass is 10.3. The molecule has 2 rings (SSSR count). The minimum Gasteiger partial charge on any atom is -0.266 e. The summed E-state index contributed by atoms with van der Waals surface area (Å²) in [6.45, 7) is 0. The van der Waals surface area contributed by atoms with Crippen LogP contribution in [0.3, 0.4) is 0 Å². The Hall–Kier alpha value is -1.61. The van der Waals surface area contributed by atoms with Gasteiger partial charge in [-0.2, -0.15) is 0 Å². The lowest BCUT2D eigenvalue weighted by molar-refractivity contribution is 0.0973. The number of benzene rings is 1. The Kier molecular flexibility index (Phi) is 2.60. The quantitative estimate of drug-likeness (QED) is 0.736. The largest absolute Gasteiger partial charge is 0.287 e. The molecular weight excluding hydrogens is 194 g/mol. The molecule has 1 aromatic heterocycles. The highest BCUT2D eigenvalue weighted by molar-refractivity contribution is 7.12. The molecule has 0 unspecified atom stereocenters. The number of para-hydroxylation sites is 1. The molecule has 1 amide bonds. The van der Waals surface area contributed by atoms with E-state index in [4.69, 9.17) is 0 Å². The van der Waals surface area contributed by atoms with Crippen molar-refractivity contribution in [3.8, 4) is 0 Å². The molecule has 0 saturated heterocycles. The molecule has 3 heteroatoms. The molecular formula is C11H8NOS. The van der Waals surface area contributed by atoms with Crippen molar-refractivity contribution in [1.29, 1.82) is 0 Å². The fraction of sp³-hybridized carbons (Fsp3) is 0. The van der Waals surface area contributed by atoms with Crippen LogP contribution in [0.4, 0.5) is 5.69 Å². The highest BCUT2D eigenvalue weighted by atomic mass is 32.1. The Bertz CT molecular complexity index is 408. The van der Waals surface area contributed by atoms with Gasteiger partial charge in [0, 0.05) is 0 Å². The number of amides is 1. The molecule has 0 N–H and O–H groups in total. The normalized spacial score (nSPS) is 9.71. The van der Waals surface area contributed by atoms with E-state index in [1.165, 1.54) is 11.3 Å². The third-order valence-corrected chi connectivity index (χ3v) is 2.58. The van der Waals surface area contributed by atoms with E-state index < -0.39 is 0 Å². The van der Waals surface area contributed by atoms with Crippen molar-refractivity contribution < 1.29 is 4.79 Å². The van der Waals surface area contributed by atoms with Gasteiger partial charge in [-0.05, 0) is 23.6 Å². The zero-order valence-electron chi connectivity index (χ0n) is 7.38. The third-order valence-electron chi connectivity index (χ3n) is 1.72. The van der Waals surface area contributed by atoms with Crippen LogP contribution in [0, 0.1) is 0 Å². The Labute approximate surface area is 86.2 Å². The molecule has 2 nitrogen and oxygen atoms in total. The molecule has 1 radical (unpaired) electrons. The Morgan fingerprint density at radius 3 is 2.50 bits per heavy atom. The van der Waals surface area contributed by atoms with Gasteiger partial charge in [-0.25, -0.2) is 5.32 Å². The van der Waals surface area contributed by atoms with Gasteiger partial charge in [0.15, 0.2) is 0 Å². The van der Waals surface area contributed by atoms with Crippen molar-refractivity contribution in [1.82, 2.24) is 5.32 Å². The Morgan fingerprint density at radius 1 is 1.07 bits per heavy atom. The van der Waals surface area contributed by atoms with Crippen molar-refractivity contribution in [2.75, 3.05) is 0 Å². The van der Waals surface area contributed by atoms with E-state index in [1.807, 2.05) is 41.8 Å².